The van der Waals surface area contributed by atoms with Gasteiger partial charge in [-0.3, -0.25) is 4.79 Å². The van der Waals surface area contributed by atoms with E-state index < -0.39 is 24.6 Å². The number of carbonyl (C=O) groups excluding carboxylic acids is 1. The predicted molar refractivity (Wildman–Crippen MR) is 70.4 cm³/mol. The molecule has 1 aromatic heterocycles. The molecule has 0 bridgehead atoms. The molecule has 0 saturated heterocycles. The molecule has 1 atom stereocenters. The first kappa shape index (κ1) is 15.6. The van der Waals surface area contributed by atoms with Gasteiger partial charge in [0, 0.05) is 5.41 Å². The van der Waals surface area contributed by atoms with Crippen LogP contribution in [0.5, 0.6) is 0 Å². The second-order valence-electron chi connectivity index (χ2n) is 5.20. The first-order valence-corrected chi connectivity index (χ1v) is 6.56. The Morgan fingerprint density at radius 1 is 1.47 bits per heavy atom. The van der Waals surface area contributed by atoms with Crippen molar-refractivity contribution in [2.24, 2.45) is 0 Å². The van der Waals surface area contributed by atoms with Crippen LogP contribution in [-0.2, 0) is 10.2 Å². The summed E-state index contributed by atoms with van der Waals surface area (Å²) in [6.45, 7) is 6.43. The minimum absolute atomic E-state index is 0.194. The number of hydrogen-bond donors (Lipinski definition) is 2. The molecule has 0 aromatic carbocycles. The van der Waals surface area contributed by atoms with Crippen LogP contribution >= 0.6 is 11.3 Å². The van der Waals surface area contributed by atoms with Crippen molar-refractivity contribution in [2.75, 3.05) is 6.67 Å². The summed E-state index contributed by atoms with van der Waals surface area (Å²) < 4.78 is 12.5. The van der Waals surface area contributed by atoms with Gasteiger partial charge in [-0.25, -0.2) is 14.2 Å². The van der Waals surface area contributed by atoms with Crippen LogP contribution in [0.15, 0.2) is 0 Å². The van der Waals surface area contributed by atoms with E-state index in [0.717, 1.165) is 5.01 Å². The molecule has 19 heavy (non-hydrogen) atoms. The smallest absolute Gasteiger partial charge is 0.328 e. The van der Waals surface area contributed by atoms with Gasteiger partial charge in [-0.2, -0.15) is 0 Å². The first-order valence-electron chi connectivity index (χ1n) is 5.74. The molecular formula is C12H17FN2O3S. The summed E-state index contributed by atoms with van der Waals surface area (Å²) in [5.41, 5.74) is 0.329. The van der Waals surface area contributed by atoms with E-state index in [1.54, 1.807) is 6.92 Å². The average molecular weight is 288 g/mol. The molecule has 2 N–H and O–H groups in total. The topological polar surface area (TPSA) is 79.3 Å². The Hall–Kier alpha value is -1.50. The summed E-state index contributed by atoms with van der Waals surface area (Å²) in [6, 6.07) is -1.52. The van der Waals surface area contributed by atoms with Crippen molar-refractivity contribution in [1.29, 1.82) is 0 Å². The number of halogens is 1. The third kappa shape index (κ3) is 3.73. The number of alkyl halides is 1. The van der Waals surface area contributed by atoms with Crippen LogP contribution in [0.4, 0.5) is 4.39 Å². The zero-order chi connectivity index (χ0) is 14.8. The highest BCUT2D eigenvalue weighted by Crippen LogP contribution is 2.29. The van der Waals surface area contributed by atoms with Crippen molar-refractivity contribution >= 4 is 23.2 Å². The van der Waals surface area contributed by atoms with Crippen molar-refractivity contribution < 1.29 is 19.1 Å². The largest absolute Gasteiger partial charge is 0.480 e. The fraction of sp³-hybridized carbons (Fsp3) is 0.583. The Bertz CT molecular complexity index is 494. The van der Waals surface area contributed by atoms with Crippen molar-refractivity contribution in [2.45, 2.75) is 39.2 Å². The zero-order valence-electron chi connectivity index (χ0n) is 11.3. The SMILES string of the molecule is Cc1nc(C(C)(C)C)sc1C(=O)NC(CF)C(=O)O. The van der Waals surface area contributed by atoms with Gasteiger partial charge in [-0.1, -0.05) is 20.8 Å². The van der Waals surface area contributed by atoms with Crippen LogP contribution in [0.25, 0.3) is 0 Å². The number of aliphatic carboxylic acids is 1. The fourth-order valence-electron chi connectivity index (χ4n) is 1.32. The van der Waals surface area contributed by atoms with Gasteiger partial charge in [0.25, 0.3) is 5.91 Å². The van der Waals surface area contributed by atoms with Crippen molar-refractivity contribution in [3.63, 3.8) is 0 Å². The van der Waals surface area contributed by atoms with Crippen LogP contribution < -0.4 is 5.32 Å². The molecular weight excluding hydrogens is 271 g/mol. The standard InChI is InChI=1S/C12H17FN2O3S/c1-6-8(19-11(14-6)12(2,3)4)9(16)15-7(5-13)10(17)18/h7H,5H2,1-4H3,(H,15,16)(H,17,18). The van der Waals surface area contributed by atoms with Crippen LogP contribution in [0.1, 0.15) is 41.1 Å². The van der Waals surface area contributed by atoms with Crippen molar-refractivity contribution in [3.8, 4) is 0 Å². The number of rotatable bonds is 4. The molecule has 0 spiro atoms. The molecule has 1 aromatic rings. The van der Waals surface area contributed by atoms with Gasteiger partial charge in [-0.05, 0) is 6.92 Å². The van der Waals surface area contributed by atoms with Gasteiger partial charge in [0.05, 0.1) is 10.7 Å². The van der Waals surface area contributed by atoms with Crippen LogP contribution in [0.3, 0.4) is 0 Å². The first-order chi connectivity index (χ1) is 8.66. The second-order valence-corrected chi connectivity index (χ2v) is 6.20. The lowest BCUT2D eigenvalue weighted by atomic mass is 9.98. The zero-order valence-corrected chi connectivity index (χ0v) is 12.1. The summed E-state index contributed by atoms with van der Waals surface area (Å²) in [7, 11) is 0. The van der Waals surface area contributed by atoms with E-state index in [9.17, 15) is 14.0 Å². The fourth-order valence-corrected chi connectivity index (χ4v) is 2.35. The average Bonchev–Trinajstić information content (AvgIpc) is 2.67. The van der Waals surface area contributed by atoms with Gasteiger partial charge in [0.2, 0.25) is 0 Å². The molecule has 1 amide bonds. The molecule has 0 aliphatic heterocycles. The molecule has 0 fully saturated rings. The lowest BCUT2D eigenvalue weighted by Gasteiger charge is -2.13. The molecule has 0 aliphatic rings. The third-order valence-corrected chi connectivity index (χ3v) is 3.98. The number of amides is 1. The lowest BCUT2D eigenvalue weighted by Crippen LogP contribution is -2.42. The summed E-state index contributed by atoms with van der Waals surface area (Å²) in [4.78, 5) is 27.2. The van der Waals surface area contributed by atoms with Crippen LogP contribution in [0.2, 0.25) is 0 Å². The monoisotopic (exact) mass is 288 g/mol. The van der Waals surface area contributed by atoms with Crippen LogP contribution in [-0.4, -0.2) is 34.7 Å². The van der Waals surface area contributed by atoms with E-state index in [4.69, 9.17) is 5.11 Å². The molecule has 1 heterocycles. The quantitative estimate of drug-likeness (QED) is 0.887. The van der Waals surface area contributed by atoms with E-state index in [2.05, 4.69) is 10.3 Å². The normalized spacial score (nSPS) is 13.1. The highest BCUT2D eigenvalue weighted by atomic mass is 32.1. The van der Waals surface area contributed by atoms with E-state index >= 15 is 0 Å². The van der Waals surface area contributed by atoms with E-state index in [1.807, 2.05) is 20.8 Å². The van der Waals surface area contributed by atoms with E-state index in [0.29, 0.717) is 10.6 Å². The van der Waals surface area contributed by atoms with Gasteiger partial charge in [0.15, 0.2) is 6.04 Å². The van der Waals surface area contributed by atoms with E-state index in [-0.39, 0.29) is 5.41 Å². The Balaban J connectivity index is 2.95. The Labute approximate surface area is 114 Å². The number of hydrogen-bond acceptors (Lipinski definition) is 4. The van der Waals surface area contributed by atoms with Crippen molar-refractivity contribution in [3.05, 3.63) is 15.6 Å². The molecule has 1 unspecified atom stereocenters. The van der Waals surface area contributed by atoms with Gasteiger partial charge >= 0.3 is 5.97 Å². The third-order valence-electron chi connectivity index (χ3n) is 2.40. The summed E-state index contributed by atoms with van der Waals surface area (Å²) in [5, 5.41) is 11.6. The predicted octanol–water partition coefficient (Wildman–Crippen LogP) is 1.90. The minimum atomic E-state index is -1.52. The molecule has 106 valence electrons. The Morgan fingerprint density at radius 2 is 2.05 bits per heavy atom. The number of carboxylic acids is 1. The minimum Gasteiger partial charge on any atom is -0.480 e. The number of thiazole rings is 1. The Kier molecular flexibility index (Phi) is 4.62. The van der Waals surface area contributed by atoms with Gasteiger partial charge < -0.3 is 10.4 Å². The highest BCUT2D eigenvalue weighted by molar-refractivity contribution is 7.14. The summed E-state index contributed by atoms with van der Waals surface area (Å²) in [5.74, 6) is -2.00. The maximum Gasteiger partial charge on any atom is 0.328 e. The summed E-state index contributed by atoms with van der Waals surface area (Å²) in [6.07, 6.45) is 0. The maximum atomic E-state index is 12.5. The summed E-state index contributed by atoms with van der Waals surface area (Å²) >= 11 is 1.20. The number of nitrogens with zero attached hydrogens (tertiary/aromatic N) is 1. The lowest BCUT2D eigenvalue weighted by molar-refractivity contribution is -0.139. The highest BCUT2D eigenvalue weighted by Gasteiger charge is 2.26. The Morgan fingerprint density at radius 3 is 2.42 bits per heavy atom. The van der Waals surface area contributed by atoms with Gasteiger partial charge in [-0.15, -0.1) is 11.3 Å². The second kappa shape index (κ2) is 5.64. The van der Waals surface area contributed by atoms with E-state index in [1.165, 1.54) is 11.3 Å². The van der Waals surface area contributed by atoms with Gasteiger partial charge in [0.1, 0.15) is 11.6 Å². The maximum absolute atomic E-state index is 12.5. The number of carboxylic acid groups (broad SMARTS) is 1. The number of aryl methyl sites for hydroxylation is 1. The number of nitrogens with one attached hydrogen (secondary N) is 1. The molecule has 0 saturated carbocycles. The molecule has 0 aliphatic carbocycles. The molecule has 5 nitrogen and oxygen atoms in total. The van der Waals surface area contributed by atoms with Crippen LogP contribution in [0, 0.1) is 6.92 Å². The molecule has 0 radical (unpaired) electrons. The molecule has 1 rings (SSSR count). The number of aromatic nitrogens is 1. The van der Waals surface area contributed by atoms with Crippen molar-refractivity contribution in [1.82, 2.24) is 10.3 Å². The molecule has 7 heteroatoms. The number of carbonyl (C=O) groups is 2.